The number of hydrogen-bond acceptors (Lipinski definition) is 4. The standard InChI is InChI=1S/C23H21Cl3N2O4S/c1-15-7-10-21(32-2)22(11-15)33(30,31)28(17-8-9-19(25)20(26)12-17)14-23(29)27-13-16-5-3-4-6-18(16)24/h3-12H,13-14H2,1-2H3,(H,27,29). The van der Waals surface area contributed by atoms with Crippen LogP contribution in [0.15, 0.2) is 65.6 Å². The summed E-state index contributed by atoms with van der Waals surface area (Å²) in [5.74, 6) is -0.377. The maximum absolute atomic E-state index is 13.7. The monoisotopic (exact) mass is 526 g/mol. The van der Waals surface area contributed by atoms with Crippen LogP contribution < -0.4 is 14.4 Å². The van der Waals surface area contributed by atoms with Crippen LogP contribution in [-0.2, 0) is 21.4 Å². The van der Waals surface area contributed by atoms with E-state index in [0.717, 1.165) is 4.31 Å². The molecule has 0 aliphatic carbocycles. The molecule has 0 saturated carbocycles. The predicted octanol–water partition coefficient (Wildman–Crippen LogP) is 5.48. The number of rotatable bonds is 8. The third kappa shape index (κ3) is 5.92. The van der Waals surface area contributed by atoms with Crippen molar-refractivity contribution in [3.8, 4) is 5.75 Å². The lowest BCUT2D eigenvalue weighted by Gasteiger charge is -2.25. The normalized spacial score (nSPS) is 11.2. The van der Waals surface area contributed by atoms with Crippen molar-refractivity contribution in [1.82, 2.24) is 5.32 Å². The molecule has 3 aromatic rings. The van der Waals surface area contributed by atoms with Gasteiger partial charge in [0, 0.05) is 11.6 Å². The zero-order valence-electron chi connectivity index (χ0n) is 17.8. The Hall–Kier alpha value is -2.45. The molecule has 33 heavy (non-hydrogen) atoms. The quantitative estimate of drug-likeness (QED) is 0.421. The second-order valence-electron chi connectivity index (χ2n) is 7.13. The average molecular weight is 528 g/mol. The fourth-order valence-electron chi connectivity index (χ4n) is 3.08. The first-order valence-electron chi connectivity index (χ1n) is 9.76. The van der Waals surface area contributed by atoms with Crippen molar-refractivity contribution in [3.63, 3.8) is 0 Å². The minimum atomic E-state index is -4.22. The van der Waals surface area contributed by atoms with Gasteiger partial charge >= 0.3 is 0 Å². The minimum absolute atomic E-state index is 0.0741. The molecule has 6 nitrogen and oxygen atoms in total. The van der Waals surface area contributed by atoms with Crippen LogP contribution in [-0.4, -0.2) is 28.0 Å². The number of hydrogen-bond donors (Lipinski definition) is 1. The van der Waals surface area contributed by atoms with Crippen LogP contribution in [0, 0.1) is 6.92 Å². The highest BCUT2D eigenvalue weighted by Crippen LogP contribution is 2.33. The lowest BCUT2D eigenvalue weighted by molar-refractivity contribution is -0.119. The van der Waals surface area contributed by atoms with Crippen LogP contribution in [0.3, 0.4) is 0 Å². The van der Waals surface area contributed by atoms with Crippen LogP contribution in [0.4, 0.5) is 5.69 Å². The lowest BCUT2D eigenvalue weighted by Crippen LogP contribution is -2.40. The number of carbonyl (C=O) groups excluding carboxylic acids is 1. The summed E-state index contributed by atoms with van der Waals surface area (Å²) in [5.41, 5.74) is 1.60. The lowest BCUT2D eigenvalue weighted by atomic mass is 10.2. The Morgan fingerprint density at radius 1 is 0.970 bits per heavy atom. The highest BCUT2D eigenvalue weighted by molar-refractivity contribution is 7.93. The molecule has 0 fully saturated rings. The first-order chi connectivity index (χ1) is 15.6. The number of carbonyl (C=O) groups is 1. The molecule has 1 amide bonds. The van der Waals surface area contributed by atoms with Gasteiger partial charge in [0.15, 0.2) is 0 Å². The van der Waals surface area contributed by atoms with Crippen LogP contribution in [0.25, 0.3) is 0 Å². The van der Waals surface area contributed by atoms with Gasteiger partial charge in [-0.25, -0.2) is 8.42 Å². The van der Waals surface area contributed by atoms with Gasteiger partial charge in [-0.15, -0.1) is 0 Å². The van der Waals surface area contributed by atoms with Gasteiger partial charge in [-0.1, -0.05) is 59.1 Å². The van der Waals surface area contributed by atoms with Gasteiger partial charge in [0.25, 0.3) is 10.0 Å². The number of benzene rings is 3. The Labute approximate surface area is 208 Å². The molecule has 0 saturated heterocycles. The third-order valence-electron chi connectivity index (χ3n) is 4.80. The van der Waals surface area contributed by atoms with Gasteiger partial charge in [0.2, 0.25) is 5.91 Å². The first kappa shape index (κ1) is 25.2. The highest BCUT2D eigenvalue weighted by Gasteiger charge is 2.30. The summed E-state index contributed by atoms with van der Waals surface area (Å²) in [6, 6.07) is 16.2. The fraction of sp³-hybridized carbons (Fsp3) is 0.174. The smallest absolute Gasteiger partial charge is 0.268 e. The molecule has 0 bridgehead atoms. The van der Waals surface area contributed by atoms with E-state index in [-0.39, 0.29) is 32.9 Å². The fourth-order valence-corrected chi connectivity index (χ4v) is 5.23. The summed E-state index contributed by atoms with van der Waals surface area (Å²) in [4.78, 5) is 12.7. The number of anilines is 1. The molecule has 0 aliphatic heterocycles. The molecule has 0 unspecified atom stereocenters. The first-order valence-corrected chi connectivity index (χ1v) is 12.3. The summed E-state index contributed by atoms with van der Waals surface area (Å²) in [6.45, 7) is 1.40. The van der Waals surface area contributed by atoms with Gasteiger partial charge in [-0.3, -0.25) is 9.10 Å². The van der Waals surface area contributed by atoms with Gasteiger partial charge in [0.1, 0.15) is 17.2 Å². The summed E-state index contributed by atoms with van der Waals surface area (Å²) in [6.07, 6.45) is 0. The molecule has 0 heterocycles. The van der Waals surface area contributed by atoms with E-state index in [1.807, 2.05) is 0 Å². The Balaban J connectivity index is 1.98. The molecule has 3 aromatic carbocycles. The van der Waals surface area contributed by atoms with E-state index < -0.39 is 22.5 Å². The summed E-state index contributed by atoms with van der Waals surface area (Å²) in [5, 5.41) is 3.62. The molecule has 0 aliphatic rings. The SMILES string of the molecule is COc1ccc(C)cc1S(=O)(=O)N(CC(=O)NCc1ccccc1Cl)c1ccc(Cl)c(Cl)c1. The highest BCUT2D eigenvalue weighted by atomic mass is 35.5. The van der Waals surface area contributed by atoms with E-state index in [1.165, 1.54) is 31.4 Å². The van der Waals surface area contributed by atoms with E-state index in [9.17, 15) is 13.2 Å². The molecule has 0 radical (unpaired) electrons. The van der Waals surface area contributed by atoms with E-state index in [4.69, 9.17) is 39.5 Å². The van der Waals surface area contributed by atoms with E-state index in [2.05, 4.69) is 5.32 Å². The topological polar surface area (TPSA) is 75.7 Å². The van der Waals surface area contributed by atoms with E-state index >= 15 is 0 Å². The number of aryl methyl sites for hydroxylation is 1. The van der Waals surface area contributed by atoms with Crippen LogP contribution in [0.5, 0.6) is 5.75 Å². The van der Waals surface area contributed by atoms with Crippen LogP contribution >= 0.6 is 34.8 Å². The molecule has 0 atom stereocenters. The zero-order valence-corrected chi connectivity index (χ0v) is 20.9. The van der Waals surface area contributed by atoms with Crippen LogP contribution in [0.2, 0.25) is 15.1 Å². The Bertz CT molecular complexity index is 1280. The predicted molar refractivity (Wildman–Crippen MR) is 132 cm³/mol. The van der Waals surface area contributed by atoms with Gasteiger partial charge < -0.3 is 10.1 Å². The van der Waals surface area contributed by atoms with Gasteiger partial charge in [-0.2, -0.15) is 0 Å². The summed E-state index contributed by atoms with van der Waals surface area (Å²) in [7, 11) is -2.84. The second-order valence-corrected chi connectivity index (χ2v) is 10.2. The molecular formula is C23H21Cl3N2O4S. The maximum Gasteiger partial charge on any atom is 0.268 e. The molecule has 3 rings (SSSR count). The molecule has 0 spiro atoms. The second kappa shape index (κ2) is 10.7. The van der Waals surface area contributed by atoms with E-state index in [0.29, 0.717) is 16.1 Å². The van der Waals surface area contributed by atoms with Crippen molar-refractivity contribution in [2.24, 2.45) is 0 Å². The van der Waals surface area contributed by atoms with Crippen LogP contribution in [0.1, 0.15) is 11.1 Å². The summed E-state index contributed by atoms with van der Waals surface area (Å²) < 4.78 is 33.6. The summed E-state index contributed by atoms with van der Waals surface area (Å²) >= 11 is 18.3. The van der Waals surface area contributed by atoms with Crippen molar-refractivity contribution in [3.05, 3.63) is 86.9 Å². The van der Waals surface area contributed by atoms with Crippen molar-refractivity contribution in [1.29, 1.82) is 0 Å². The molecule has 0 aromatic heterocycles. The van der Waals surface area contributed by atoms with Gasteiger partial charge in [-0.05, 0) is 54.4 Å². The molecular weight excluding hydrogens is 507 g/mol. The average Bonchev–Trinajstić information content (AvgIpc) is 2.78. The maximum atomic E-state index is 13.7. The molecule has 10 heteroatoms. The van der Waals surface area contributed by atoms with Crippen molar-refractivity contribution in [2.75, 3.05) is 18.0 Å². The number of halogens is 3. The number of nitrogens with zero attached hydrogens (tertiary/aromatic N) is 1. The number of amides is 1. The Morgan fingerprint density at radius 2 is 1.70 bits per heavy atom. The molecule has 174 valence electrons. The van der Waals surface area contributed by atoms with Crippen molar-refractivity contribution < 1.29 is 17.9 Å². The number of ether oxygens (including phenoxy) is 1. The Kier molecular flexibility index (Phi) is 8.13. The number of methoxy groups -OCH3 is 1. The van der Waals surface area contributed by atoms with Gasteiger partial charge in [0.05, 0.1) is 22.8 Å². The van der Waals surface area contributed by atoms with Crippen molar-refractivity contribution >= 4 is 56.4 Å². The zero-order chi connectivity index (χ0) is 24.2. The number of sulfonamides is 1. The minimum Gasteiger partial charge on any atom is -0.495 e. The van der Waals surface area contributed by atoms with Crippen molar-refractivity contribution in [2.45, 2.75) is 18.4 Å². The molecule has 1 N–H and O–H groups in total. The number of nitrogens with one attached hydrogen (secondary N) is 1. The third-order valence-corrected chi connectivity index (χ3v) is 7.70. The Morgan fingerprint density at radius 3 is 2.36 bits per heavy atom. The largest absolute Gasteiger partial charge is 0.495 e. The van der Waals surface area contributed by atoms with E-state index in [1.54, 1.807) is 43.3 Å².